The quantitative estimate of drug-likeness (QED) is 0.383. The molecule has 3 aromatic rings. The third-order valence-electron chi connectivity index (χ3n) is 3.62. The summed E-state index contributed by atoms with van der Waals surface area (Å²) in [5.41, 5.74) is 1.23. The first-order chi connectivity index (χ1) is 12.5. The number of nitrogens with two attached hydrogens (primary N) is 1. The van der Waals surface area contributed by atoms with Crippen molar-refractivity contribution in [3.05, 3.63) is 47.3 Å². The highest BCUT2D eigenvalue weighted by molar-refractivity contribution is 8.00. The van der Waals surface area contributed by atoms with Crippen LogP contribution < -0.4 is 11.2 Å². The molecule has 0 aliphatic rings. The van der Waals surface area contributed by atoms with E-state index in [0.717, 1.165) is 4.88 Å². The summed E-state index contributed by atoms with van der Waals surface area (Å²) in [5, 5.41) is 13.0. The number of benzene rings is 1. The van der Waals surface area contributed by atoms with E-state index >= 15 is 0 Å². The number of nitrogens with zero attached hydrogens (tertiary/aromatic N) is 3. The Hall–Kier alpha value is -2.65. The molecule has 26 heavy (non-hydrogen) atoms. The minimum atomic E-state index is -0.426. The Labute approximate surface area is 158 Å². The Kier molecular flexibility index (Phi) is 5.38. The Morgan fingerprint density at radius 2 is 1.96 bits per heavy atom. The van der Waals surface area contributed by atoms with Gasteiger partial charge in [0.1, 0.15) is 0 Å². The number of amides is 1. The smallest absolute Gasteiger partial charge is 0.237 e. The summed E-state index contributed by atoms with van der Waals surface area (Å²) < 4.78 is 1.39. The van der Waals surface area contributed by atoms with Gasteiger partial charge in [-0.3, -0.25) is 9.59 Å². The molecule has 1 atom stereocenters. The van der Waals surface area contributed by atoms with Gasteiger partial charge < -0.3 is 11.2 Å². The monoisotopic (exact) mass is 387 g/mol. The lowest BCUT2D eigenvalue weighted by atomic mass is 10.1. The number of hydrogen-bond donors (Lipinski definition) is 2. The van der Waals surface area contributed by atoms with Crippen molar-refractivity contribution in [1.82, 2.24) is 14.9 Å². The highest BCUT2D eigenvalue weighted by Gasteiger charge is 2.20. The zero-order valence-corrected chi connectivity index (χ0v) is 15.8. The zero-order valence-electron chi connectivity index (χ0n) is 14.2. The van der Waals surface area contributed by atoms with Gasteiger partial charge in [-0.25, -0.2) is 4.68 Å². The van der Waals surface area contributed by atoms with Crippen molar-refractivity contribution in [2.24, 2.45) is 0 Å². The van der Waals surface area contributed by atoms with Gasteiger partial charge in [-0.2, -0.15) is 0 Å². The van der Waals surface area contributed by atoms with E-state index in [-0.39, 0.29) is 11.7 Å². The number of aromatic nitrogens is 3. The minimum Gasteiger partial charge on any atom is -0.335 e. The molecule has 1 aromatic carbocycles. The summed E-state index contributed by atoms with van der Waals surface area (Å²) >= 11 is 2.74. The van der Waals surface area contributed by atoms with Crippen molar-refractivity contribution in [1.29, 1.82) is 0 Å². The highest BCUT2D eigenvalue weighted by atomic mass is 32.2. The molecule has 7 nitrogen and oxygen atoms in total. The number of ketones is 1. The molecule has 3 N–H and O–H groups in total. The zero-order chi connectivity index (χ0) is 18.7. The SMILES string of the molecule is CC(=O)c1ccc(NC(=O)C(C)Sc2nnc(-c3cccs3)n2N)cc1. The number of thioether (sulfide) groups is 1. The van der Waals surface area contributed by atoms with E-state index in [1.54, 1.807) is 31.2 Å². The van der Waals surface area contributed by atoms with Gasteiger partial charge in [0.2, 0.25) is 11.1 Å². The van der Waals surface area contributed by atoms with Gasteiger partial charge in [0.05, 0.1) is 10.1 Å². The van der Waals surface area contributed by atoms with Gasteiger partial charge in [0, 0.05) is 11.3 Å². The standard InChI is InChI=1S/C17H17N5O2S2/c1-10(23)12-5-7-13(8-6-12)19-16(24)11(2)26-17-21-20-15(22(17)18)14-4-3-9-25-14/h3-9,11H,18H2,1-2H3,(H,19,24). The lowest BCUT2D eigenvalue weighted by molar-refractivity contribution is -0.115. The van der Waals surface area contributed by atoms with Crippen molar-refractivity contribution in [2.75, 3.05) is 11.2 Å². The molecule has 2 aromatic heterocycles. The van der Waals surface area contributed by atoms with E-state index in [1.807, 2.05) is 17.5 Å². The molecule has 2 heterocycles. The predicted molar refractivity (Wildman–Crippen MR) is 104 cm³/mol. The maximum atomic E-state index is 12.4. The Balaban J connectivity index is 1.65. The molecule has 1 amide bonds. The van der Waals surface area contributed by atoms with E-state index in [2.05, 4.69) is 15.5 Å². The van der Waals surface area contributed by atoms with Crippen LogP contribution in [-0.2, 0) is 4.79 Å². The number of nitrogens with one attached hydrogen (secondary N) is 1. The predicted octanol–water partition coefficient (Wildman–Crippen LogP) is 3.04. The number of thiophene rings is 1. The third-order valence-corrected chi connectivity index (χ3v) is 5.54. The van der Waals surface area contributed by atoms with Crippen LogP contribution in [0.25, 0.3) is 10.7 Å². The van der Waals surface area contributed by atoms with Crippen LogP contribution >= 0.6 is 23.1 Å². The van der Waals surface area contributed by atoms with Crippen molar-refractivity contribution in [2.45, 2.75) is 24.3 Å². The normalized spacial score (nSPS) is 11.9. The van der Waals surface area contributed by atoms with Gasteiger partial charge in [0.15, 0.2) is 11.6 Å². The fourth-order valence-electron chi connectivity index (χ4n) is 2.18. The second-order valence-electron chi connectivity index (χ2n) is 5.54. The van der Waals surface area contributed by atoms with E-state index in [1.165, 1.54) is 34.7 Å². The van der Waals surface area contributed by atoms with Gasteiger partial charge >= 0.3 is 0 Å². The van der Waals surface area contributed by atoms with Crippen LogP contribution in [-0.4, -0.2) is 31.8 Å². The van der Waals surface area contributed by atoms with Crippen LogP contribution in [0.2, 0.25) is 0 Å². The maximum absolute atomic E-state index is 12.4. The lowest BCUT2D eigenvalue weighted by Crippen LogP contribution is -2.23. The van der Waals surface area contributed by atoms with Gasteiger partial charge in [-0.1, -0.05) is 17.8 Å². The van der Waals surface area contributed by atoms with Crippen molar-refractivity contribution in [3.63, 3.8) is 0 Å². The first-order valence-corrected chi connectivity index (χ1v) is 9.54. The molecule has 0 aliphatic carbocycles. The number of carbonyl (C=O) groups excluding carboxylic acids is 2. The number of anilines is 1. The van der Waals surface area contributed by atoms with Crippen LogP contribution in [0.3, 0.4) is 0 Å². The average molecular weight is 387 g/mol. The van der Waals surface area contributed by atoms with Crippen molar-refractivity contribution in [3.8, 4) is 10.7 Å². The van der Waals surface area contributed by atoms with Crippen LogP contribution in [0.4, 0.5) is 5.69 Å². The van der Waals surface area contributed by atoms with E-state index < -0.39 is 5.25 Å². The summed E-state index contributed by atoms with van der Waals surface area (Å²) in [6, 6.07) is 10.6. The minimum absolute atomic E-state index is 0.0179. The molecule has 0 spiro atoms. The summed E-state index contributed by atoms with van der Waals surface area (Å²) in [7, 11) is 0. The summed E-state index contributed by atoms with van der Waals surface area (Å²) in [6.07, 6.45) is 0. The number of rotatable bonds is 6. The Morgan fingerprint density at radius 1 is 1.23 bits per heavy atom. The average Bonchev–Trinajstić information content (AvgIpc) is 3.26. The van der Waals surface area contributed by atoms with E-state index in [9.17, 15) is 9.59 Å². The van der Waals surface area contributed by atoms with E-state index in [4.69, 9.17) is 5.84 Å². The number of carbonyl (C=O) groups is 2. The fourth-order valence-corrected chi connectivity index (χ4v) is 3.65. The summed E-state index contributed by atoms with van der Waals surface area (Å²) in [6.45, 7) is 3.27. The van der Waals surface area contributed by atoms with Crippen molar-refractivity contribution >= 4 is 40.5 Å². The number of hydrogen-bond acceptors (Lipinski definition) is 7. The molecular weight excluding hydrogens is 370 g/mol. The highest BCUT2D eigenvalue weighted by Crippen LogP contribution is 2.27. The van der Waals surface area contributed by atoms with Crippen LogP contribution in [0, 0.1) is 0 Å². The van der Waals surface area contributed by atoms with Gasteiger partial charge in [-0.15, -0.1) is 21.5 Å². The maximum Gasteiger partial charge on any atom is 0.237 e. The number of Topliss-reactive ketones (excluding diaryl/α,β-unsaturated/α-hetero) is 1. The molecule has 3 rings (SSSR count). The topological polar surface area (TPSA) is 103 Å². The molecule has 9 heteroatoms. The van der Waals surface area contributed by atoms with Gasteiger partial charge in [0.25, 0.3) is 0 Å². The molecular formula is C17H17N5O2S2. The van der Waals surface area contributed by atoms with Crippen LogP contribution in [0.5, 0.6) is 0 Å². The summed E-state index contributed by atoms with van der Waals surface area (Å²) in [5.74, 6) is 6.41. The second kappa shape index (κ2) is 7.71. The largest absolute Gasteiger partial charge is 0.335 e. The Bertz CT molecular complexity index is 919. The first kappa shape index (κ1) is 18.2. The molecule has 1 unspecified atom stereocenters. The third kappa shape index (κ3) is 3.94. The molecule has 0 bridgehead atoms. The molecule has 0 fully saturated rings. The molecule has 0 radical (unpaired) electrons. The van der Waals surface area contributed by atoms with Crippen LogP contribution in [0.15, 0.2) is 46.9 Å². The fraction of sp³-hybridized carbons (Fsp3) is 0.176. The van der Waals surface area contributed by atoms with E-state index in [0.29, 0.717) is 22.2 Å². The molecule has 0 aliphatic heterocycles. The van der Waals surface area contributed by atoms with Crippen molar-refractivity contribution < 1.29 is 9.59 Å². The molecule has 0 saturated carbocycles. The van der Waals surface area contributed by atoms with Gasteiger partial charge in [-0.05, 0) is 49.6 Å². The number of nitrogen functional groups attached to an aromatic ring is 1. The molecule has 0 saturated heterocycles. The first-order valence-electron chi connectivity index (χ1n) is 7.78. The summed E-state index contributed by atoms with van der Waals surface area (Å²) in [4.78, 5) is 24.6. The van der Waals surface area contributed by atoms with Crippen LogP contribution in [0.1, 0.15) is 24.2 Å². The Morgan fingerprint density at radius 3 is 2.58 bits per heavy atom. The second-order valence-corrected chi connectivity index (χ2v) is 7.79. The molecule has 134 valence electrons. The lowest BCUT2D eigenvalue weighted by Gasteiger charge is -2.11.